The summed E-state index contributed by atoms with van der Waals surface area (Å²) < 4.78 is 6.62. The molecule has 1 unspecified atom stereocenters. The summed E-state index contributed by atoms with van der Waals surface area (Å²) in [7, 11) is 1.64. The van der Waals surface area contributed by atoms with Crippen LogP contribution < -0.4 is 5.69 Å². The van der Waals surface area contributed by atoms with E-state index in [1.165, 1.54) is 31.0 Å². The minimum Gasteiger partial charge on any atom is -0.385 e. The standard InChI is InChI=1S/C14H22N4O2S/c1-20-9-5-8-18-13(19)16-17-14(18)21-12(10-15)11-6-3-2-4-7-11/h11-12H,2-9H2,1H3,(H,16,19). The Kier molecular flexibility index (Phi) is 6.33. The molecule has 7 heteroatoms. The summed E-state index contributed by atoms with van der Waals surface area (Å²) in [6.45, 7) is 1.17. The van der Waals surface area contributed by atoms with Crippen molar-refractivity contribution in [1.82, 2.24) is 14.8 Å². The van der Waals surface area contributed by atoms with E-state index in [-0.39, 0.29) is 10.9 Å². The maximum atomic E-state index is 11.8. The van der Waals surface area contributed by atoms with Gasteiger partial charge in [0.2, 0.25) is 0 Å². The lowest BCUT2D eigenvalue weighted by molar-refractivity contribution is 0.189. The highest BCUT2D eigenvalue weighted by atomic mass is 32.2. The van der Waals surface area contributed by atoms with Crippen molar-refractivity contribution in [1.29, 1.82) is 5.26 Å². The predicted molar refractivity (Wildman–Crippen MR) is 81.2 cm³/mol. The second-order valence-corrected chi connectivity index (χ2v) is 6.48. The molecular weight excluding hydrogens is 288 g/mol. The van der Waals surface area contributed by atoms with Crippen molar-refractivity contribution >= 4 is 11.8 Å². The Balaban J connectivity index is 2.03. The topological polar surface area (TPSA) is 83.7 Å². The van der Waals surface area contributed by atoms with Gasteiger partial charge in [0.15, 0.2) is 5.16 Å². The molecule has 116 valence electrons. The molecule has 0 spiro atoms. The molecule has 1 heterocycles. The maximum absolute atomic E-state index is 11.8. The van der Waals surface area contributed by atoms with Gasteiger partial charge in [-0.1, -0.05) is 31.0 Å². The monoisotopic (exact) mass is 310 g/mol. The van der Waals surface area contributed by atoms with Gasteiger partial charge >= 0.3 is 5.69 Å². The minimum absolute atomic E-state index is 0.123. The van der Waals surface area contributed by atoms with Crippen LogP contribution in [0.2, 0.25) is 0 Å². The maximum Gasteiger partial charge on any atom is 0.343 e. The van der Waals surface area contributed by atoms with Gasteiger partial charge in [0.1, 0.15) is 5.25 Å². The van der Waals surface area contributed by atoms with Gasteiger partial charge in [-0.25, -0.2) is 9.89 Å². The van der Waals surface area contributed by atoms with Gasteiger partial charge in [0, 0.05) is 20.3 Å². The first-order valence-electron chi connectivity index (χ1n) is 7.46. The van der Waals surface area contributed by atoms with Crippen LogP contribution >= 0.6 is 11.8 Å². The number of nitriles is 1. The Morgan fingerprint density at radius 1 is 1.52 bits per heavy atom. The zero-order chi connectivity index (χ0) is 15.1. The van der Waals surface area contributed by atoms with E-state index in [1.54, 1.807) is 11.7 Å². The summed E-state index contributed by atoms with van der Waals surface area (Å²) in [4.78, 5) is 11.8. The summed E-state index contributed by atoms with van der Waals surface area (Å²) in [5.41, 5.74) is -0.214. The molecule has 1 atom stereocenters. The molecule has 6 nitrogen and oxygen atoms in total. The van der Waals surface area contributed by atoms with Crippen LogP contribution in [0.1, 0.15) is 38.5 Å². The van der Waals surface area contributed by atoms with Crippen molar-refractivity contribution in [2.24, 2.45) is 5.92 Å². The molecule has 21 heavy (non-hydrogen) atoms. The zero-order valence-electron chi connectivity index (χ0n) is 12.4. The molecule has 1 aromatic heterocycles. The van der Waals surface area contributed by atoms with Gasteiger partial charge < -0.3 is 4.74 Å². The highest BCUT2D eigenvalue weighted by Gasteiger charge is 2.26. The van der Waals surface area contributed by atoms with Crippen LogP contribution in [0.4, 0.5) is 0 Å². The largest absolute Gasteiger partial charge is 0.385 e. The molecule has 1 aliphatic rings. The molecule has 0 radical (unpaired) electrons. The average Bonchev–Trinajstić information content (AvgIpc) is 2.86. The van der Waals surface area contributed by atoms with Crippen molar-refractivity contribution in [2.75, 3.05) is 13.7 Å². The van der Waals surface area contributed by atoms with Crippen molar-refractivity contribution in [2.45, 2.75) is 55.5 Å². The van der Waals surface area contributed by atoms with Gasteiger partial charge in [-0.2, -0.15) is 5.26 Å². The van der Waals surface area contributed by atoms with Crippen LogP contribution in [-0.4, -0.2) is 33.7 Å². The third kappa shape index (κ3) is 4.35. The molecule has 1 aromatic rings. The van der Waals surface area contributed by atoms with Gasteiger partial charge in [-0.05, 0) is 25.2 Å². The summed E-state index contributed by atoms with van der Waals surface area (Å²) in [5.74, 6) is 0.410. The molecule has 1 fully saturated rings. The number of nitrogens with zero attached hydrogens (tertiary/aromatic N) is 3. The molecule has 1 aliphatic carbocycles. The molecule has 0 bridgehead atoms. The third-order valence-electron chi connectivity index (χ3n) is 3.89. The number of hydrogen-bond donors (Lipinski definition) is 1. The molecular formula is C14H22N4O2S. The normalized spacial score (nSPS) is 17.5. The Morgan fingerprint density at radius 2 is 2.29 bits per heavy atom. The number of rotatable bonds is 7. The van der Waals surface area contributed by atoms with Crippen molar-refractivity contribution in [3.05, 3.63) is 10.5 Å². The predicted octanol–water partition coefficient (Wildman–Crippen LogP) is 2.17. The fraction of sp³-hybridized carbons (Fsp3) is 0.786. The highest BCUT2D eigenvalue weighted by molar-refractivity contribution is 8.00. The molecule has 0 aromatic carbocycles. The SMILES string of the molecule is COCCCn1c(SC(C#N)C2CCCCC2)n[nH]c1=O. The van der Waals surface area contributed by atoms with E-state index >= 15 is 0 Å². The number of hydrogen-bond acceptors (Lipinski definition) is 5. The van der Waals surface area contributed by atoms with E-state index in [9.17, 15) is 10.1 Å². The van der Waals surface area contributed by atoms with Gasteiger partial charge in [-0.15, -0.1) is 5.10 Å². The fourth-order valence-corrected chi connectivity index (χ4v) is 3.88. The third-order valence-corrected chi connectivity index (χ3v) is 5.16. The Bertz CT molecular complexity index is 528. The lowest BCUT2D eigenvalue weighted by Crippen LogP contribution is -2.22. The molecule has 1 N–H and O–H groups in total. The number of methoxy groups -OCH3 is 1. The first-order chi connectivity index (χ1) is 10.3. The highest BCUT2D eigenvalue weighted by Crippen LogP contribution is 2.34. The lowest BCUT2D eigenvalue weighted by Gasteiger charge is -2.24. The van der Waals surface area contributed by atoms with E-state index in [0.29, 0.717) is 24.2 Å². The van der Waals surface area contributed by atoms with Crippen LogP contribution in [-0.2, 0) is 11.3 Å². The van der Waals surface area contributed by atoms with Gasteiger partial charge in [-0.3, -0.25) is 4.57 Å². The van der Waals surface area contributed by atoms with E-state index in [2.05, 4.69) is 16.3 Å². The molecule has 1 saturated carbocycles. The first-order valence-corrected chi connectivity index (χ1v) is 8.34. The van der Waals surface area contributed by atoms with Crippen LogP contribution in [0, 0.1) is 17.2 Å². The number of aromatic amines is 1. The fourth-order valence-electron chi connectivity index (χ4n) is 2.74. The summed E-state index contributed by atoms with van der Waals surface area (Å²) >= 11 is 1.42. The molecule has 0 aliphatic heterocycles. The van der Waals surface area contributed by atoms with Crippen molar-refractivity contribution < 1.29 is 4.74 Å². The smallest absolute Gasteiger partial charge is 0.343 e. The molecule has 0 saturated heterocycles. The Labute approximate surface area is 128 Å². The van der Waals surface area contributed by atoms with Gasteiger partial charge in [0.25, 0.3) is 0 Å². The van der Waals surface area contributed by atoms with Crippen LogP contribution in [0.5, 0.6) is 0 Å². The van der Waals surface area contributed by atoms with Crippen molar-refractivity contribution in [3.63, 3.8) is 0 Å². The quantitative estimate of drug-likeness (QED) is 0.616. The second-order valence-electron chi connectivity index (χ2n) is 5.37. The van der Waals surface area contributed by atoms with E-state index < -0.39 is 0 Å². The summed E-state index contributed by atoms with van der Waals surface area (Å²) in [6.07, 6.45) is 6.62. The number of thioether (sulfide) groups is 1. The first kappa shape index (κ1) is 16.1. The summed E-state index contributed by atoms with van der Waals surface area (Å²) in [6, 6.07) is 2.39. The number of nitrogens with one attached hydrogen (secondary N) is 1. The number of ether oxygens (including phenoxy) is 1. The van der Waals surface area contributed by atoms with Crippen molar-refractivity contribution in [3.8, 4) is 6.07 Å². The van der Waals surface area contributed by atoms with E-state index in [1.807, 2.05) is 0 Å². The van der Waals surface area contributed by atoms with E-state index in [4.69, 9.17) is 4.74 Å². The second kappa shape index (κ2) is 8.25. The van der Waals surface area contributed by atoms with Crippen LogP contribution in [0.25, 0.3) is 0 Å². The Morgan fingerprint density at radius 3 is 2.95 bits per heavy atom. The molecule has 0 amide bonds. The van der Waals surface area contributed by atoms with Crippen LogP contribution in [0.15, 0.2) is 9.95 Å². The average molecular weight is 310 g/mol. The van der Waals surface area contributed by atoms with Crippen LogP contribution in [0.3, 0.4) is 0 Å². The molecule has 2 rings (SSSR count). The minimum atomic E-state index is -0.214. The Hall–Kier alpha value is -1.26. The van der Waals surface area contributed by atoms with E-state index in [0.717, 1.165) is 19.3 Å². The zero-order valence-corrected chi connectivity index (χ0v) is 13.2. The van der Waals surface area contributed by atoms with Gasteiger partial charge in [0.05, 0.1) is 6.07 Å². The number of H-pyrrole nitrogens is 1. The summed E-state index contributed by atoms with van der Waals surface area (Å²) in [5, 5.41) is 16.5. The lowest BCUT2D eigenvalue weighted by atomic mass is 9.87. The number of aromatic nitrogens is 3.